The molecule has 0 aromatic carbocycles. The number of hydrogen-bond donors (Lipinski definition) is 3. The third-order valence-corrected chi connectivity index (χ3v) is 7.46. The Morgan fingerprint density at radius 2 is 1.71 bits per heavy atom. The van der Waals surface area contributed by atoms with Crippen molar-refractivity contribution < 1.29 is 18.1 Å². The van der Waals surface area contributed by atoms with Crippen molar-refractivity contribution in [3.63, 3.8) is 0 Å². The Kier molecular flexibility index (Phi) is 13.8. The molecule has 1 aliphatic carbocycles. The van der Waals surface area contributed by atoms with Gasteiger partial charge < -0.3 is 29.2 Å². The van der Waals surface area contributed by atoms with Crippen LogP contribution in [0.2, 0.25) is 6.04 Å². The van der Waals surface area contributed by atoms with Crippen LogP contribution in [0.15, 0.2) is 29.5 Å². The van der Waals surface area contributed by atoms with E-state index in [1.54, 1.807) is 21.3 Å². The fourth-order valence-electron chi connectivity index (χ4n) is 2.90. The number of carbonyl (C=O) groups excluding carboxylic acids is 1. The summed E-state index contributed by atoms with van der Waals surface area (Å²) in [6, 6.07) is 0.774. The molecule has 0 aromatic rings. The highest BCUT2D eigenvalue weighted by molar-refractivity contribution is 6.60. The molecule has 1 amide bonds. The van der Waals surface area contributed by atoms with Crippen LogP contribution in [0.5, 0.6) is 0 Å². The van der Waals surface area contributed by atoms with Crippen LogP contribution in [0.25, 0.3) is 0 Å². The van der Waals surface area contributed by atoms with E-state index >= 15 is 0 Å². The summed E-state index contributed by atoms with van der Waals surface area (Å²) in [6.07, 6.45) is 10.6. The molecule has 160 valence electrons. The fourth-order valence-corrected chi connectivity index (χ4v) is 4.62. The summed E-state index contributed by atoms with van der Waals surface area (Å²) in [5.41, 5.74) is 4.37. The molecule has 0 radical (unpaired) electrons. The van der Waals surface area contributed by atoms with Gasteiger partial charge in [-0.25, -0.2) is 0 Å². The Labute approximate surface area is 171 Å². The quantitative estimate of drug-likeness (QED) is 0.181. The van der Waals surface area contributed by atoms with E-state index in [9.17, 15) is 4.79 Å². The third kappa shape index (κ3) is 10.9. The largest absolute Gasteiger partial charge is 0.500 e. The van der Waals surface area contributed by atoms with E-state index in [-0.39, 0.29) is 5.91 Å². The van der Waals surface area contributed by atoms with Gasteiger partial charge in [0.2, 0.25) is 5.91 Å². The molecule has 0 bridgehead atoms. The smallest absolute Gasteiger partial charge is 0.377 e. The van der Waals surface area contributed by atoms with Crippen molar-refractivity contribution in [2.45, 2.75) is 38.1 Å². The maximum atomic E-state index is 11.8. The summed E-state index contributed by atoms with van der Waals surface area (Å²) in [5.74, 6) is 0.130. The summed E-state index contributed by atoms with van der Waals surface area (Å²) in [4.78, 5) is 11.8. The fraction of sp³-hybridized carbons (Fsp3) is 0.700. The first-order chi connectivity index (χ1) is 13.7. The Bertz CT molecular complexity index is 521. The molecule has 0 saturated carbocycles. The van der Waals surface area contributed by atoms with E-state index < -0.39 is 8.80 Å². The first kappa shape index (κ1) is 24.8. The van der Waals surface area contributed by atoms with Gasteiger partial charge in [0, 0.05) is 59.0 Å². The second kappa shape index (κ2) is 15.6. The minimum Gasteiger partial charge on any atom is -0.377 e. The summed E-state index contributed by atoms with van der Waals surface area (Å²) >= 11 is 0. The van der Waals surface area contributed by atoms with Gasteiger partial charge in [0.1, 0.15) is 0 Å². The number of nitrogens with one attached hydrogen (secondary N) is 3. The number of rotatable bonds is 18. The van der Waals surface area contributed by atoms with Crippen molar-refractivity contribution in [2.24, 2.45) is 0 Å². The van der Waals surface area contributed by atoms with Gasteiger partial charge in [-0.1, -0.05) is 12.5 Å². The molecular formula is C20H37N3O4Si. The van der Waals surface area contributed by atoms with Crippen LogP contribution in [-0.2, 0) is 18.1 Å². The van der Waals surface area contributed by atoms with Crippen LogP contribution in [0, 0.1) is 0 Å². The normalized spacial score (nSPS) is 13.2. The summed E-state index contributed by atoms with van der Waals surface area (Å²) in [7, 11) is 2.42. The van der Waals surface area contributed by atoms with Gasteiger partial charge in [-0.05, 0) is 44.5 Å². The maximum absolute atomic E-state index is 11.8. The van der Waals surface area contributed by atoms with Crippen molar-refractivity contribution >= 4 is 14.7 Å². The van der Waals surface area contributed by atoms with E-state index in [0.717, 1.165) is 57.9 Å². The lowest BCUT2D eigenvalue weighted by Crippen LogP contribution is -2.43. The molecule has 0 heterocycles. The molecule has 0 fully saturated rings. The number of carbonyl (C=O) groups is 1. The Morgan fingerprint density at radius 1 is 0.964 bits per heavy atom. The third-order valence-electron chi connectivity index (χ3n) is 4.63. The number of unbranched alkanes of at least 4 members (excludes halogenated alkanes) is 2. The summed E-state index contributed by atoms with van der Waals surface area (Å²) in [6.45, 7) is 4.10. The lowest BCUT2D eigenvalue weighted by molar-refractivity contribution is -0.121. The molecule has 1 rings (SSSR count). The molecule has 28 heavy (non-hydrogen) atoms. The Hall–Kier alpha value is -1.25. The van der Waals surface area contributed by atoms with Crippen molar-refractivity contribution in [3.05, 3.63) is 29.5 Å². The molecular weight excluding hydrogens is 374 g/mol. The van der Waals surface area contributed by atoms with E-state index in [0.29, 0.717) is 13.0 Å². The zero-order valence-corrected chi connectivity index (χ0v) is 18.6. The van der Waals surface area contributed by atoms with E-state index in [1.807, 2.05) is 12.2 Å². The standard InChI is InChI=1S/C20H37N3O4Si/c1-25-28(26-2,27-3)17-9-14-21-15-16-23-20(24)12-5-4-8-13-22-18-19-10-6-7-11-19/h6-7,10,21-22H,4-5,8-9,12-18H2,1-3H3,(H,23,24). The number of hydrogen-bond acceptors (Lipinski definition) is 6. The topological polar surface area (TPSA) is 80.9 Å². The van der Waals surface area contributed by atoms with Crippen molar-refractivity contribution in [1.29, 1.82) is 0 Å². The predicted octanol–water partition coefficient (Wildman–Crippen LogP) is 1.76. The zero-order chi connectivity index (χ0) is 20.5. The van der Waals surface area contributed by atoms with Gasteiger partial charge in [0.15, 0.2) is 0 Å². The van der Waals surface area contributed by atoms with Gasteiger partial charge in [-0.15, -0.1) is 5.73 Å². The number of allylic oxidation sites excluding steroid dienone is 1. The molecule has 3 N–H and O–H groups in total. The first-order valence-corrected chi connectivity index (χ1v) is 12.0. The minimum atomic E-state index is -2.46. The Balaban J connectivity index is 1.87. The second-order valence-corrected chi connectivity index (χ2v) is 9.77. The molecule has 1 aliphatic rings. The molecule has 0 aliphatic heterocycles. The summed E-state index contributed by atoms with van der Waals surface area (Å²) < 4.78 is 16.2. The van der Waals surface area contributed by atoms with E-state index in [2.05, 4.69) is 27.8 Å². The lowest BCUT2D eigenvalue weighted by Gasteiger charge is -2.24. The van der Waals surface area contributed by atoms with Crippen LogP contribution in [0.3, 0.4) is 0 Å². The van der Waals surface area contributed by atoms with Gasteiger partial charge in [-0.2, -0.15) is 0 Å². The van der Waals surface area contributed by atoms with Crippen molar-refractivity contribution in [2.75, 3.05) is 54.1 Å². The zero-order valence-electron chi connectivity index (χ0n) is 17.6. The van der Waals surface area contributed by atoms with Crippen molar-refractivity contribution in [3.8, 4) is 0 Å². The highest BCUT2D eigenvalue weighted by atomic mass is 28.4. The van der Waals surface area contributed by atoms with Crippen LogP contribution in [0.1, 0.15) is 32.1 Å². The SMILES string of the molecule is CO[Si](CCCNCCNC(=O)CCCCCNCC1=C=CC=C1)(OC)OC. The van der Waals surface area contributed by atoms with Gasteiger partial charge in [0.05, 0.1) is 0 Å². The molecule has 0 saturated heterocycles. The average Bonchev–Trinajstić information content (AvgIpc) is 3.23. The first-order valence-electron chi connectivity index (χ1n) is 10.1. The number of amides is 1. The van der Waals surface area contributed by atoms with E-state index in [1.165, 1.54) is 5.57 Å². The molecule has 0 atom stereocenters. The molecule has 0 spiro atoms. The van der Waals surface area contributed by atoms with Crippen LogP contribution in [0.4, 0.5) is 0 Å². The van der Waals surface area contributed by atoms with Crippen LogP contribution in [-0.4, -0.2) is 68.8 Å². The Morgan fingerprint density at radius 3 is 2.39 bits per heavy atom. The molecule has 0 unspecified atom stereocenters. The maximum Gasteiger partial charge on any atom is 0.500 e. The second-order valence-electron chi connectivity index (χ2n) is 6.68. The van der Waals surface area contributed by atoms with Crippen LogP contribution >= 0.6 is 0 Å². The van der Waals surface area contributed by atoms with Gasteiger partial charge in [0.25, 0.3) is 0 Å². The van der Waals surface area contributed by atoms with Gasteiger partial charge in [-0.3, -0.25) is 4.79 Å². The van der Waals surface area contributed by atoms with Crippen LogP contribution < -0.4 is 16.0 Å². The average molecular weight is 412 g/mol. The molecule has 8 heteroatoms. The van der Waals surface area contributed by atoms with Gasteiger partial charge >= 0.3 is 8.80 Å². The summed E-state index contributed by atoms with van der Waals surface area (Å²) in [5, 5.41) is 9.67. The highest BCUT2D eigenvalue weighted by Gasteiger charge is 2.36. The van der Waals surface area contributed by atoms with E-state index in [4.69, 9.17) is 13.3 Å². The molecule has 0 aromatic heterocycles. The van der Waals surface area contributed by atoms with Crippen molar-refractivity contribution in [1.82, 2.24) is 16.0 Å². The molecule has 7 nitrogen and oxygen atoms in total. The minimum absolute atomic E-state index is 0.130. The predicted molar refractivity (Wildman–Crippen MR) is 114 cm³/mol. The monoisotopic (exact) mass is 411 g/mol. The lowest BCUT2D eigenvalue weighted by atomic mass is 10.2. The highest BCUT2D eigenvalue weighted by Crippen LogP contribution is 2.14.